The van der Waals surface area contributed by atoms with E-state index in [2.05, 4.69) is 42.3 Å². The van der Waals surface area contributed by atoms with E-state index in [4.69, 9.17) is 0 Å². The molecule has 1 fully saturated rings. The summed E-state index contributed by atoms with van der Waals surface area (Å²) in [6.45, 7) is 4.09. The fourth-order valence-corrected chi connectivity index (χ4v) is 3.74. The Balaban J connectivity index is 1.38. The van der Waals surface area contributed by atoms with E-state index >= 15 is 0 Å². The number of nitrogens with zero attached hydrogens (tertiary/aromatic N) is 6. The summed E-state index contributed by atoms with van der Waals surface area (Å²) >= 11 is 0. The van der Waals surface area contributed by atoms with Gasteiger partial charge in [-0.3, -0.25) is 5.10 Å². The van der Waals surface area contributed by atoms with Gasteiger partial charge in [-0.2, -0.15) is 10.1 Å². The lowest BCUT2D eigenvalue weighted by Gasteiger charge is -2.34. The van der Waals surface area contributed by atoms with Crippen LogP contribution in [-0.4, -0.2) is 64.3 Å². The number of urea groups is 1. The molecule has 2 aromatic carbocycles. The number of rotatable bonds is 4. The minimum absolute atomic E-state index is 0.252. The molecule has 1 saturated heterocycles. The van der Waals surface area contributed by atoms with E-state index < -0.39 is 0 Å². The topological polar surface area (TPSA) is 93.3 Å². The number of carbonyl (C=O) groups excluding carboxylic acids is 1. The van der Waals surface area contributed by atoms with Crippen LogP contribution in [0.4, 0.5) is 27.8 Å². The number of H-pyrrole nitrogens is 1. The average Bonchev–Trinajstić information content (AvgIpc) is 3.29. The Morgan fingerprint density at radius 1 is 1.03 bits per heavy atom. The van der Waals surface area contributed by atoms with Crippen molar-refractivity contribution in [2.24, 2.45) is 0 Å². The van der Waals surface area contributed by atoms with Gasteiger partial charge >= 0.3 is 6.03 Å². The van der Waals surface area contributed by atoms with E-state index in [1.54, 1.807) is 12.4 Å². The third-order valence-electron chi connectivity index (χ3n) is 5.58. The molecule has 2 amide bonds. The summed E-state index contributed by atoms with van der Waals surface area (Å²) in [5.41, 5.74) is 3.02. The number of likely N-dealkylation sites (N-methyl/N-ethyl adjacent to an activating group) is 1. The van der Waals surface area contributed by atoms with Gasteiger partial charge in [-0.1, -0.05) is 18.2 Å². The van der Waals surface area contributed by atoms with Gasteiger partial charge < -0.3 is 15.1 Å². The Labute approximate surface area is 185 Å². The Morgan fingerprint density at radius 2 is 1.78 bits per heavy atom. The zero-order valence-corrected chi connectivity index (χ0v) is 17.8. The van der Waals surface area contributed by atoms with Gasteiger partial charge in [0, 0.05) is 49.9 Å². The number of fused-ring (bicyclic) bond motifs is 1. The van der Waals surface area contributed by atoms with Crippen molar-refractivity contribution < 1.29 is 4.79 Å². The zero-order valence-electron chi connectivity index (χ0n) is 17.8. The second-order valence-electron chi connectivity index (χ2n) is 7.77. The fourth-order valence-electron chi connectivity index (χ4n) is 3.74. The first-order chi connectivity index (χ1) is 15.7. The Morgan fingerprint density at radius 3 is 2.53 bits per heavy atom. The first-order valence-electron chi connectivity index (χ1n) is 10.5. The molecule has 162 valence electrons. The van der Waals surface area contributed by atoms with Crippen molar-refractivity contribution in [1.29, 1.82) is 0 Å². The normalized spacial score (nSPS) is 14.5. The molecule has 2 N–H and O–H groups in total. The van der Waals surface area contributed by atoms with E-state index in [1.165, 1.54) is 4.90 Å². The second-order valence-corrected chi connectivity index (χ2v) is 7.77. The summed E-state index contributed by atoms with van der Waals surface area (Å²) in [6, 6.07) is 16.9. The summed E-state index contributed by atoms with van der Waals surface area (Å²) in [5, 5.41) is 10.6. The maximum absolute atomic E-state index is 13.3. The molecule has 0 aliphatic carbocycles. The van der Waals surface area contributed by atoms with Crippen LogP contribution in [-0.2, 0) is 0 Å². The van der Waals surface area contributed by atoms with Gasteiger partial charge in [0.25, 0.3) is 0 Å². The summed E-state index contributed by atoms with van der Waals surface area (Å²) in [6.07, 6.45) is 3.36. The molecule has 1 aliphatic rings. The molecule has 0 atom stereocenters. The lowest BCUT2D eigenvalue weighted by Crippen LogP contribution is -2.44. The SMILES string of the molecule is CN1CCN(c2ccc(NC(=O)N(c3ccccc3)c3ncc4c[nH]nc4n3)cc2)CC1. The minimum Gasteiger partial charge on any atom is -0.369 e. The molecule has 0 radical (unpaired) electrons. The molecule has 0 bridgehead atoms. The number of aromatic nitrogens is 4. The van der Waals surface area contributed by atoms with Crippen LogP contribution >= 0.6 is 0 Å². The number of benzene rings is 2. The minimum atomic E-state index is -0.349. The highest BCUT2D eigenvalue weighted by molar-refractivity contribution is 6.06. The molecular formula is C23H24N8O. The first kappa shape index (κ1) is 20.0. The second kappa shape index (κ2) is 8.64. The van der Waals surface area contributed by atoms with Crippen LogP contribution in [0.25, 0.3) is 11.0 Å². The fraction of sp³-hybridized carbons (Fsp3) is 0.217. The van der Waals surface area contributed by atoms with Gasteiger partial charge in [-0.25, -0.2) is 14.7 Å². The monoisotopic (exact) mass is 428 g/mol. The third kappa shape index (κ3) is 4.10. The Hall–Kier alpha value is -3.98. The van der Waals surface area contributed by atoms with Gasteiger partial charge in [0.05, 0.1) is 11.1 Å². The highest BCUT2D eigenvalue weighted by Crippen LogP contribution is 2.25. The Bertz CT molecular complexity index is 1200. The largest absolute Gasteiger partial charge is 0.369 e. The molecule has 2 aromatic heterocycles. The van der Waals surface area contributed by atoms with Crippen molar-refractivity contribution in [2.75, 3.05) is 48.3 Å². The van der Waals surface area contributed by atoms with E-state index in [-0.39, 0.29) is 12.0 Å². The van der Waals surface area contributed by atoms with Crippen LogP contribution in [0.15, 0.2) is 67.0 Å². The van der Waals surface area contributed by atoms with E-state index in [0.717, 1.165) is 37.3 Å². The number of aromatic amines is 1. The number of piperazine rings is 1. The van der Waals surface area contributed by atoms with Crippen molar-refractivity contribution in [1.82, 2.24) is 25.1 Å². The van der Waals surface area contributed by atoms with Crippen LogP contribution in [0, 0.1) is 0 Å². The van der Waals surface area contributed by atoms with Gasteiger partial charge in [-0.05, 0) is 43.4 Å². The van der Waals surface area contributed by atoms with Gasteiger partial charge in [-0.15, -0.1) is 0 Å². The van der Waals surface area contributed by atoms with Crippen LogP contribution in [0.3, 0.4) is 0 Å². The maximum Gasteiger partial charge on any atom is 0.333 e. The lowest BCUT2D eigenvalue weighted by atomic mass is 10.2. The molecular weight excluding hydrogens is 404 g/mol. The van der Waals surface area contributed by atoms with Crippen LogP contribution in [0.5, 0.6) is 0 Å². The molecule has 32 heavy (non-hydrogen) atoms. The predicted octanol–water partition coefficient (Wildman–Crippen LogP) is 3.47. The number of anilines is 4. The highest BCUT2D eigenvalue weighted by atomic mass is 16.2. The first-order valence-corrected chi connectivity index (χ1v) is 10.5. The number of para-hydroxylation sites is 1. The standard InChI is InChI=1S/C23H24N8O/c1-29-11-13-30(14-12-29)19-9-7-18(8-10-19)26-23(32)31(20-5-3-2-4-6-20)22-24-15-17-16-25-28-21(17)27-22/h2-10,15-16H,11-14H2,1H3,(H,26,32)(H,24,25,27,28). The maximum atomic E-state index is 13.3. The third-order valence-corrected chi connectivity index (χ3v) is 5.58. The summed E-state index contributed by atoms with van der Waals surface area (Å²) in [5.74, 6) is 0.252. The predicted molar refractivity (Wildman–Crippen MR) is 125 cm³/mol. The number of nitrogens with one attached hydrogen (secondary N) is 2. The Kier molecular flexibility index (Phi) is 5.39. The smallest absolute Gasteiger partial charge is 0.333 e. The van der Waals surface area contributed by atoms with Gasteiger partial charge in [0.1, 0.15) is 0 Å². The van der Waals surface area contributed by atoms with Crippen LogP contribution in [0.2, 0.25) is 0 Å². The number of hydrogen-bond acceptors (Lipinski definition) is 6. The van der Waals surface area contributed by atoms with E-state index in [9.17, 15) is 4.79 Å². The van der Waals surface area contributed by atoms with Crippen molar-refractivity contribution >= 4 is 40.1 Å². The zero-order chi connectivity index (χ0) is 21.9. The number of amides is 2. The average molecular weight is 429 g/mol. The van der Waals surface area contributed by atoms with E-state index in [0.29, 0.717) is 17.0 Å². The van der Waals surface area contributed by atoms with Crippen molar-refractivity contribution in [3.8, 4) is 0 Å². The molecule has 9 heteroatoms. The van der Waals surface area contributed by atoms with Crippen molar-refractivity contribution in [3.63, 3.8) is 0 Å². The van der Waals surface area contributed by atoms with Gasteiger partial charge in [0.15, 0.2) is 5.65 Å². The summed E-state index contributed by atoms with van der Waals surface area (Å²) in [7, 11) is 2.14. The number of hydrogen-bond donors (Lipinski definition) is 2. The summed E-state index contributed by atoms with van der Waals surface area (Å²) in [4.78, 5) is 28.3. The van der Waals surface area contributed by atoms with Crippen LogP contribution < -0.4 is 15.1 Å². The summed E-state index contributed by atoms with van der Waals surface area (Å²) < 4.78 is 0. The lowest BCUT2D eigenvalue weighted by molar-refractivity contribution is 0.258. The van der Waals surface area contributed by atoms with Crippen molar-refractivity contribution in [2.45, 2.75) is 0 Å². The molecule has 5 rings (SSSR count). The molecule has 0 saturated carbocycles. The molecule has 4 aromatic rings. The number of carbonyl (C=O) groups is 1. The highest BCUT2D eigenvalue weighted by Gasteiger charge is 2.22. The molecule has 0 spiro atoms. The van der Waals surface area contributed by atoms with E-state index in [1.807, 2.05) is 54.6 Å². The molecule has 3 heterocycles. The van der Waals surface area contributed by atoms with Crippen molar-refractivity contribution in [3.05, 3.63) is 67.0 Å². The van der Waals surface area contributed by atoms with Gasteiger partial charge in [0.2, 0.25) is 5.95 Å². The quantitative estimate of drug-likeness (QED) is 0.517. The molecule has 1 aliphatic heterocycles. The molecule has 0 unspecified atom stereocenters. The van der Waals surface area contributed by atoms with Crippen LogP contribution in [0.1, 0.15) is 0 Å². The molecule has 9 nitrogen and oxygen atoms in total.